The van der Waals surface area contributed by atoms with Crippen molar-refractivity contribution < 1.29 is 0 Å². The molecule has 1 heterocycles. The molecule has 0 bridgehead atoms. The SMILES string of the molecule is Cn1nnnc1Sc1ccc(C#N)cc1Br. The summed E-state index contributed by atoms with van der Waals surface area (Å²) in [7, 11) is 1.78. The Hall–Kier alpha value is -1.39. The van der Waals surface area contributed by atoms with E-state index in [1.165, 1.54) is 11.8 Å². The zero-order chi connectivity index (χ0) is 11.5. The zero-order valence-corrected chi connectivity index (χ0v) is 10.7. The van der Waals surface area contributed by atoms with Gasteiger partial charge < -0.3 is 0 Å². The normalized spacial score (nSPS) is 10.1. The number of benzene rings is 1. The third-order valence-corrected chi connectivity index (χ3v) is 3.87. The highest BCUT2D eigenvalue weighted by Gasteiger charge is 2.08. The molecule has 0 aliphatic rings. The van der Waals surface area contributed by atoms with E-state index in [2.05, 4.69) is 37.5 Å². The fraction of sp³-hybridized carbons (Fsp3) is 0.111. The number of aromatic nitrogens is 4. The van der Waals surface area contributed by atoms with E-state index >= 15 is 0 Å². The smallest absolute Gasteiger partial charge is 0.213 e. The Morgan fingerprint density at radius 1 is 1.50 bits per heavy atom. The van der Waals surface area contributed by atoms with E-state index in [1.54, 1.807) is 23.9 Å². The van der Waals surface area contributed by atoms with Crippen molar-refractivity contribution in [2.24, 2.45) is 7.05 Å². The molecule has 1 aromatic heterocycles. The van der Waals surface area contributed by atoms with Gasteiger partial charge in [-0.25, -0.2) is 4.68 Å². The number of hydrogen-bond acceptors (Lipinski definition) is 5. The molecule has 0 saturated heterocycles. The summed E-state index contributed by atoms with van der Waals surface area (Å²) < 4.78 is 2.45. The summed E-state index contributed by atoms with van der Waals surface area (Å²) >= 11 is 4.85. The van der Waals surface area contributed by atoms with Crippen molar-refractivity contribution in [3.8, 4) is 6.07 Å². The fourth-order valence-corrected chi connectivity index (χ4v) is 2.42. The molecule has 0 N–H and O–H groups in total. The molecular weight excluding hydrogens is 290 g/mol. The first-order chi connectivity index (χ1) is 7.70. The molecule has 0 atom stereocenters. The van der Waals surface area contributed by atoms with E-state index in [0.717, 1.165) is 9.37 Å². The first-order valence-electron chi connectivity index (χ1n) is 4.30. The summed E-state index contributed by atoms with van der Waals surface area (Å²) in [4.78, 5) is 0.969. The van der Waals surface area contributed by atoms with Crippen molar-refractivity contribution in [1.82, 2.24) is 20.2 Å². The first kappa shape index (κ1) is 11.1. The number of nitriles is 1. The molecule has 0 saturated carbocycles. The van der Waals surface area contributed by atoms with Gasteiger partial charge in [0.1, 0.15) is 0 Å². The molecule has 0 radical (unpaired) electrons. The molecule has 2 aromatic rings. The molecule has 5 nitrogen and oxygen atoms in total. The second-order valence-electron chi connectivity index (χ2n) is 2.94. The maximum Gasteiger partial charge on any atom is 0.213 e. The molecule has 80 valence electrons. The Kier molecular flexibility index (Phi) is 3.22. The van der Waals surface area contributed by atoms with Crippen LogP contribution >= 0.6 is 27.7 Å². The van der Waals surface area contributed by atoms with Crippen molar-refractivity contribution in [2.75, 3.05) is 0 Å². The van der Waals surface area contributed by atoms with E-state index in [1.807, 2.05) is 6.07 Å². The van der Waals surface area contributed by atoms with Gasteiger partial charge in [0.15, 0.2) is 0 Å². The maximum absolute atomic E-state index is 8.74. The number of hydrogen-bond donors (Lipinski definition) is 0. The van der Waals surface area contributed by atoms with Crippen LogP contribution in [0.3, 0.4) is 0 Å². The van der Waals surface area contributed by atoms with Crippen LogP contribution in [-0.4, -0.2) is 20.2 Å². The van der Waals surface area contributed by atoms with Gasteiger partial charge in [-0.15, -0.1) is 5.10 Å². The average molecular weight is 296 g/mol. The summed E-state index contributed by atoms with van der Waals surface area (Å²) in [5.41, 5.74) is 0.618. The lowest BCUT2D eigenvalue weighted by Crippen LogP contribution is -1.92. The van der Waals surface area contributed by atoms with Crippen LogP contribution in [0.4, 0.5) is 0 Å². The quantitative estimate of drug-likeness (QED) is 0.848. The highest BCUT2D eigenvalue weighted by Crippen LogP contribution is 2.32. The molecule has 1 aromatic carbocycles. The highest BCUT2D eigenvalue weighted by atomic mass is 79.9. The van der Waals surface area contributed by atoms with Gasteiger partial charge >= 0.3 is 0 Å². The summed E-state index contributed by atoms with van der Waals surface area (Å²) in [6, 6.07) is 7.47. The fourth-order valence-electron chi connectivity index (χ4n) is 1.06. The monoisotopic (exact) mass is 295 g/mol. The number of rotatable bonds is 2. The molecule has 0 amide bonds. The Balaban J connectivity index is 2.30. The van der Waals surface area contributed by atoms with Gasteiger partial charge in [-0.2, -0.15) is 5.26 Å². The Morgan fingerprint density at radius 3 is 2.88 bits per heavy atom. The molecule has 0 unspecified atom stereocenters. The molecule has 0 fully saturated rings. The lowest BCUT2D eigenvalue weighted by atomic mass is 10.2. The predicted octanol–water partition coefficient (Wildman–Crippen LogP) is 2.00. The van der Waals surface area contributed by atoms with Gasteiger partial charge in [-0.3, -0.25) is 0 Å². The lowest BCUT2D eigenvalue weighted by molar-refractivity contribution is 0.664. The van der Waals surface area contributed by atoms with Crippen LogP contribution in [0.5, 0.6) is 0 Å². The summed E-state index contributed by atoms with van der Waals surface area (Å²) in [5.74, 6) is 0. The molecule has 0 aliphatic heterocycles. The Labute approximate surface area is 105 Å². The van der Waals surface area contributed by atoms with E-state index in [-0.39, 0.29) is 0 Å². The van der Waals surface area contributed by atoms with E-state index in [0.29, 0.717) is 10.7 Å². The zero-order valence-electron chi connectivity index (χ0n) is 8.25. The molecule has 2 rings (SSSR count). The third kappa shape index (κ3) is 2.23. The molecular formula is C9H6BrN5S. The topological polar surface area (TPSA) is 67.4 Å². The van der Waals surface area contributed by atoms with Crippen LogP contribution in [0.2, 0.25) is 0 Å². The van der Waals surface area contributed by atoms with Crippen LogP contribution in [0.25, 0.3) is 0 Å². The predicted molar refractivity (Wildman–Crippen MR) is 61.8 cm³/mol. The van der Waals surface area contributed by atoms with Gasteiger partial charge in [0, 0.05) is 16.4 Å². The van der Waals surface area contributed by atoms with Gasteiger partial charge in [0.2, 0.25) is 5.16 Å². The standard InChI is InChI=1S/C9H6BrN5S/c1-15-9(12-13-14-15)16-8-3-2-6(5-11)4-7(8)10/h2-4H,1H3. The van der Waals surface area contributed by atoms with E-state index in [4.69, 9.17) is 5.26 Å². The third-order valence-electron chi connectivity index (χ3n) is 1.84. The minimum Gasteiger partial charge on any atom is -0.223 e. The average Bonchev–Trinajstić information content (AvgIpc) is 2.67. The van der Waals surface area contributed by atoms with E-state index < -0.39 is 0 Å². The molecule has 7 heteroatoms. The maximum atomic E-state index is 8.74. The first-order valence-corrected chi connectivity index (χ1v) is 5.91. The number of nitrogens with zero attached hydrogens (tertiary/aromatic N) is 5. The van der Waals surface area contributed by atoms with Crippen LogP contribution < -0.4 is 0 Å². The van der Waals surface area contributed by atoms with Crippen molar-refractivity contribution in [2.45, 2.75) is 10.1 Å². The minimum atomic E-state index is 0.618. The van der Waals surface area contributed by atoms with Crippen molar-refractivity contribution in [3.63, 3.8) is 0 Å². The molecule has 0 spiro atoms. The van der Waals surface area contributed by atoms with Crippen molar-refractivity contribution in [1.29, 1.82) is 5.26 Å². The largest absolute Gasteiger partial charge is 0.223 e. The van der Waals surface area contributed by atoms with Crippen LogP contribution in [0.1, 0.15) is 5.56 Å². The second kappa shape index (κ2) is 4.63. The number of aryl methyl sites for hydroxylation is 1. The van der Waals surface area contributed by atoms with Gasteiger partial charge in [0.25, 0.3) is 0 Å². The summed E-state index contributed by atoms with van der Waals surface area (Å²) in [6.45, 7) is 0. The van der Waals surface area contributed by atoms with Gasteiger partial charge in [-0.05, 0) is 56.3 Å². The number of tetrazole rings is 1. The van der Waals surface area contributed by atoms with Gasteiger partial charge in [-0.1, -0.05) is 0 Å². The van der Waals surface area contributed by atoms with E-state index in [9.17, 15) is 0 Å². The minimum absolute atomic E-state index is 0.618. The van der Waals surface area contributed by atoms with Crippen molar-refractivity contribution in [3.05, 3.63) is 28.2 Å². The lowest BCUT2D eigenvalue weighted by Gasteiger charge is -2.02. The molecule has 16 heavy (non-hydrogen) atoms. The second-order valence-corrected chi connectivity index (χ2v) is 4.81. The summed E-state index contributed by atoms with van der Waals surface area (Å²) in [5, 5.41) is 20.6. The highest BCUT2D eigenvalue weighted by molar-refractivity contribution is 9.10. The van der Waals surface area contributed by atoms with Crippen LogP contribution in [0.15, 0.2) is 32.7 Å². The van der Waals surface area contributed by atoms with Crippen LogP contribution in [-0.2, 0) is 7.05 Å². The molecule has 0 aliphatic carbocycles. The van der Waals surface area contributed by atoms with Crippen molar-refractivity contribution >= 4 is 27.7 Å². The summed E-state index contributed by atoms with van der Waals surface area (Å²) in [6.07, 6.45) is 0. The Morgan fingerprint density at radius 2 is 2.31 bits per heavy atom. The number of halogens is 1. The van der Waals surface area contributed by atoms with Crippen LogP contribution in [0, 0.1) is 11.3 Å². The van der Waals surface area contributed by atoms with Gasteiger partial charge in [0.05, 0.1) is 11.6 Å². The Bertz CT molecular complexity index is 559.